The maximum atomic E-state index is 5.94. The molecule has 2 aliphatic rings. The number of benzene rings is 1. The Morgan fingerprint density at radius 1 is 1.14 bits per heavy atom. The van der Waals surface area contributed by atoms with Crippen molar-refractivity contribution in [1.82, 2.24) is 10.2 Å². The summed E-state index contributed by atoms with van der Waals surface area (Å²) in [6, 6.07) is 9.12. The minimum atomic E-state index is 0.733. The fourth-order valence-electron chi connectivity index (χ4n) is 3.63. The third-order valence-corrected chi connectivity index (χ3v) is 5.56. The number of hydrogen-bond acceptors (Lipinski definition) is 2. The molecule has 2 fully saturated rings. The lowest BCUT2D eigenvalue weighted by Crippen LogP contribution is -2.41. The number of rotatable bonds is 5. The van der Waals surface area contributed by atoms with Gasteiger partial charge < -0.3 is 10.2 Å². The summed E-state index contributed by atoms with van der Waals surface area (Å²) in [7, 11) is 2.24. The van der Waals surface area contributed by atoms with Gasteiger partial charge in [0.25, 0.3) is 0 Å². The maximum Gasteiger partial charge on any atom is 0.0406 e. The molecular formula is C18H27ClN2. The predicted octanol–water partition coefficient (Wildman–Crippen LogP) is 3.91. The molecular weight excluding hydrogens is 280 g/mol. The zero-order valence-electron chi connectivity index (χ0n) is 13.0. The first-order valence-corrected chi connectivity index (χ1v) is 8.76. The third kappa shape index (κ3) is 4.21. The summed E-state index contributed by atoms with van der Waals surface area (Å²) in [5.74, 6) is 1.68. The predicted molar refractivity (Wildman–Crippen MR) is 90.1 cm³/mol. The number of halogens is 1. The van der Waals surface area contributed by atoms with Crippen molar-refractivity contribution in [3.8, 4) is 0 Å². The highest BCUT2D eigenvalue weighted by Gasteiger charge is 2.29. The Hall–Kier alpha value is -0.570. The average molecular weight is 307 g/mol. The second-order valence-corrected chi connectivity index (χ2v) is 7.34. The van der Waals surface area contributed by atoms with Crippen LogP contribution in [0.2, 0.25) is 5.02 Å². The van der Waals surface area contributed by atoms with Gasteiger partial charge in [-0.1, -0.05) is 23.7 Å². The highest BCUT2D eigenvalue weighted by atomic mass is 35.5. The first-order chi connectivity index (χ1) is 10.2. The standard InChI is InChI=1S/C18H27ClN2/c1-21-10-7-14(8-11-21)6-9-20-18-12-16(13-18)15-2-4-17(19)5-3-15/h2-5,14,16,18,20H,6-13H2,1H3. The smallest absolute Gasteiger partial charge is 0.0406 e. The molecule has 1 saturated carbocycles. The zero-order valence-corrected chi connectivity index (χ0v) is 13.8. The Morgan fingerprint density at radius 2 is 1.81 bits per heavy atom. The van der Waals surface area contributed by atoms with Gasteiger partial charge in [0.05, 0.1) is 0 Å². The number of nitrogens with zero attached hydrogens (tertiary/aromatic N) is 1. The van der Waals surface area contributed by atoms with Crippen LogP contribution in [-0.4, -0.2) is 37.6 Å². The summed E-state index contributed by atoms with van der Waals surface area (Å²) in [6.45, 7) is 3.77. The van der Waals surface area contributed by atoms with E-state index >= 15 is 0 Å². The molecule has 0 amide bonds. The molecule has 1 aromatic rings. The molecule has 0 unspecified atom stereocenters. The Bertz CT molecular complexity index is 431. The van der Waals surface area contributed by atoms with Crippen molar-refractivity contribution in [2.75, 3.05) is 26.7 Å². The van der Waals surface area contributed by atoms with E-state index in [0.29, 0.717) is 0 Å². The van der Waals surface area contributed by atoms with Crippen molar-refractivity contribution in [3.05, 3.63) is 34.9 Å². The van der Waals surface area contributed by atoms with E-state index in [1.807, 2.05) is 12.1 Å². The first-order valence-electron chi connectivity index (χ1n) is 8.38. The van der Waals surface area contributed by atoms with Crippen molar-refractivity contribution >= 4 is 11.6 Å². The molecule has 21 heavy (non-hydrogen) atoms. The van der Waals surface area contributed by atoms with Gasteiger partial charge in [-0.2, -0.15) is 0 Å². The van der Waals surface area contributed by atoms with Crippen LogP contribution in [0.25, 0.3) is 0 Å². The van der Waals surface area contributed by atoms with E-state index < -0.39 is 0 Å². The molecule has 0 spiro atoms. The van der Waals surface area contributed by atoms with Crippen LogP contribution < -0.4 is 5.32 Å². The summed E-state index contributed by atoms with van der Waals surface area (Å²) in [6.07, 6.45) is 6.70. The average Bonchev–Trinajstić information content (AvgIpc) is 2.45. The lowest BCUT2D eigenvalue weighted by molar-refractivity contribution is 0.205. The Morgan fingerprint density at radius 3 is 2.48 bits per heavy atom. The van der Waals surface area contributed by atoms with E-state index in [1.165, 1.54) is 57.3 Å². The largest absolute Gasteiger partial charge is 0.314 e. The van der Waals surface area contributed by atoms with Crippen LogP contribution in [0.3, 0.4) is 0 Å². The molecule has 0 atom stereocenters. The van der Waals surface area contributed by atoms with E-state index in [4.69, 9.17) is 11.6 Å². The SMILES string of the molecule is CN1CCC(CCNC2CC(c3ccc(Cl)cc3)C2)CC1. The van der Waals surface area contributed by atoms with Gasteiger partial charge in [0.15, 0.2) is 0 Å². The van der Waals surface area contributed by atoms with Gasteiger partial charge in [-0.15, -0.1) is 0 Å². The number of likely N-dealkylation sites (tertiary alicyclic amines) is 1. The van der Waals surface area contributed by atoms with Gasteiger partial charge in [0, 0.05) is 11.1 Å². The minimum Gasteiger partial charge on any atom is -0.314 e. The van der Waals surface area contributed by atoms with Crippen molar-refractivity contribution in [2.24, 2.45) is 5.92 Å². The number of nitrogens with one attached hydrogen (secondary N) is 1. The highest BCUT2D eigenvalue weighted by Crippen LogP contribution is 2.37. The molecule has 3 rings (SSSR count). The molecule has 0 bridgehead atoms. The van der Waals surface area contributed by atoms with Crippen LogP contribution in [-0.2, 0) is 0 Å². The summed E-state index contributed by atoms with van der Waals surface area (Å²) in [5.41, 5.74) is 1.45. The molecule has 1 aliphatic carbocycles. The summed E-state index contributed by atoms with van der Waals surface area (Å²) in [4.78, 5) is 2.45. The molecule has 0 aromatic heterocycles. The van der Waals surface area contributed by atoms with E-state index in [1.54, 1.807) is 0 Å². The molecule has 1 aromatic carbocycles. The number of hydrogen-bond donors (Lipinski definition) is 1. The minimum absolute atomic E-state index is 0.733. The van der Waals surface area contributed by atoms with Crippen LogP contribution >= 0.6 is 11.6 Å². The Balaban J connectivity index is 1.31. The molecule has 2 nitrogen and oxygen atoms in total. The third-order valence-electron chi connectivity index (χ3n) is 5.30. The summed E-state index contributed by atoms with van der Waals surface area (Å²) in [5, 5.41) is 4.59. The summed E-state index contributed by atoms with van der Waals surface area (Å²) >= 11 is 5.94. The fourth-order valence-corrected chi connectivity index (χ4v) is 3.76. The van der Waals surface area contributed by atoms with Crippen LogP contribution in [0.15, 0.2) is 24.3 Å². The highest BCUT2D eigenvalue weighted by molar-refractivity contribution is 6.30. The van der Waals surface area contributed by atoms with Crippen molar-refractivity contribution < 1.29 is 0 Å². The first kappa shape index (κ1) is 15.3. The van der Waals surface area contributed by atoms with Crippen LogP contribution in [0, 0.1) is 5.92 Å². The van der Waals surface area contributed by atoms with Gasteiger partial charge in [-0.3, -0.25) is 0 Å². The Labute approximate surface area is 133 Å². The monoisotopic (exact) mass is 306 g/mol. The second kappa shape index (κ2) is 7.13. The van der Waals surface area contributed by atoms with Crippen molar-refractivity contribution in [1.29, 1.82) is 0 Å². The van der Waals surface area contributed by atoms with Crippen molar-refractivity contribution in [2.45, 2.75) is 44.1 Å². The fraction of sp³-hybridized carbons (Fsp3) is 0.667. The molecule has 0 radical (unpaired) electrons. The summed E-state index contributed by atoms with van der Waals surface area (Å²) < 4.78 is 0. The van der Waals surface area contributed by atoms with Crippen LogP contribution in [0.1, 0.15) is 43.6 Å². The van der Waals surface area contributed by atoms with E-state index in [0.717, 1.165) is 22.9 Å². The molecule has 116 valence electrons. The van der Waals surface area contributed by atoms with Gasteiger partial charge >= 0.3 is 0 Å². The van der Waals surface area contributed by atoms with Gasteiger partial charge in [0.1, 0.15) is 0 Å². The van der Waals surface area contributed by atoms with Gasteiger partial charge in [-0.05, 0) is 88.3 Å². The van der Waals surface area contributed by atoms with Gasteiger partial charge in [-0.25, -0.2) is 0 Å². The Kier molecular flexibility index (Phi) is 5.20. The molecule has 1 N–H and O–H groups in total. The molecule has 1 saturated heterocycles. The zero-order chi connectivity index (χ0) is 14.7. The van der Waals surface area contributed by atoms with Crippen molar-refractivity contribution in [3.63, 3.8) is 0 Å². The molecule has 1 heterocycles. The van der Waals surface area contributed by atoms with E-state index in [-0.39, 0.29) is 0 Å². The molecule has 3 heteroatoms. The van der Waals surface area contributed by atoms with E-state index in [2.05, 4.69) is 29.4 Å². The maximum absolute atomic E-state index is 5.94. The lowest BCUT2D eigenvalue weighted by atomic mass is 9.76. The van der Waals surface area contributed by atoms with E-state index in [9.17, 15) is 0 Å². The normalized spacial score (nSPS) is 27.5. The van der Waals surface area contributed by atoms with Gasteiger partial charge in [0.2, 0.25) is 0 Å². The van der Waals surface area contributed by atoms with Crippen LogP contribution in [0.5, 0.6) is 0 Å². The quantitative estimate of drug-likeness (QED) is 0.887. The lowest BCUT2D eigenvalue weighted by Gasteiger charge is -2.37. The molecule has 1 aliphatic heterocycles. The van der Waals surface area contributed by atoms with Crippen LogP contribution in [0.4, 0.5) is 0 Å². The number of piperidine rings is 1. The topological polar surface area (TPSA) is 15.3 Å². The second-order valence-electron chi connectivity index (χ2n) is 6.91.